The molecule has 0 spiro atoms. The van der Waals surface area contributed by atoms with Gasteiger partial charge in [0.25, 0.3) is 5.91 Å². The fourth-order valence-electron chi connectivity index (χ4n) is 4.27. The topological polar surface area (TPSA) is 88.9 Å². The molecule has 29 heavy (non-hydrogen) atoms. The van der Waals surface area contributed by atoms with E-state index in [0.717, 1.165) is 47.2 Å². The third-order valence-electron chi connectivity index (χ3n) is 5.80. The molecule has 1 N–H and O–H groups in total. The molecule has 4 aromatic rings. The van der Waals surface area contributed by atoms with Gasteiger partial charge in [0, 0.05) is 49.4 Å². The largest absolute Gasteiger partial charge is 0.497 e. The molecule has 0 radical (unpaired) electrons. The Balaban J connectivity index is 1.44. The summed E-state index contributed by atoms with van der Waals surface area (Å²) in [5.41, 5.74) is 4.07. The van der Waals surface area contributed by atoms with Crippen LogP contribution in [-0.2, 0) is 7.05 Å². The monoisotopic (exact) mass is 390 g/mol. The number of hydrogen-bond donors (Lipinski definition) is 1. The summed E-state index contributed by atoms with van der Waals surface area (Å²) in [6, 6.07) is 7.80. The molecule has 0 aliphatic carbocycles. The fraction of sp³-hybridized carbons (Fsp3) is 0.333. The number of aromatic nitrogens is 5. The van der Waals surface area contributed by atoms with E-state index in [1.807, 2.05) is 40.8 Å². The van der Waals surface area contributed by atoms with Crippen molar-refractivity contribution in [2.45, 2.75) is 18.8 Å². The predicted octanol–water partition coefficient (Wildman–Crippen LogP) is 2.87. The van der Waals surface area contributed by atoms with E-state index in [0.29, 0.717) is 17.9 Å². The molecular weight excluding hydrogens is 368 g/mol. The van der Waals surface area contributed by atoms with Gasteiger partial charge in [0.05, 0.1) is 12.8 Å². The maximum absolute atomic E-state index is 13.3. The molecule has 1 aromatic carbocycles. The molecule has 1 fully saturated rings. The normalized spacial score (nSPS) is 17.2. The van der Waals surface area contributed by atoms with Gasteiger partial charge in [-0.15, -0.1) is 0 Å². The molecule has 1 atom stereocenters. The summed E-state index contributed by atoms with van der Waals surface area (Å²) >= 11 is 0. The third-order valence-corrected chi connectivity index (χ3v) is 5.80. The molecule has 1 unspecified atom stereocenters. The fourth-order valence-corrected chi connectivity index (χ4v) is 4.27. The number of aromatic amines is 1. The Bertz CT molecular complexity index is 1210. The molecule has 1 aliphatic heterocycles. The number of likely N-dealkylation sites (tertiary alicyclic amines) is 1. The smallest absolute Gasteiger partial charge is 0.270 e. The maximum Gasteiger partial charge on any atom is 0.270 e. The van der Waals surface area contributed by atoms with Crippen LogP contribution in [0.25, 0.3) is 22.1 Å². The number of hydrogen-bond acceptors (Lipinski definition) is 5. The van der Waals surface area contributed by atoms with Crippen LogP contribution in [-0.4, -0.2) is 55.7 Å². The van der Waals surface area contributed by atoms with Crippen LogP contribution in [0.3, 0.4) is 0 Å². The standard InChI is InChI=1S/C21H22N6O2/c1-26-16-6-5-15(29-2)10-14(16)11-17(26)21(28)27-9-3-4-13(12-27)18-19-20(25-24-18)23-8-7-22-19/h5-8,10-11,13H,3-4,9,12H2,1-2H3,(H,23,24,25). The first-order valence-electron chi connectivity index (χ1n) is 9.73. The number of rotatable bonds is 3. The van der Waals surface area contributed by atoms with Crippen LogP contribution in [0.1, 0.15) is 34.9 Å². The molecule has 1 aliphatic rings. The number of aryl methyl sites for hydroxylation is 1. The molecule has 1 amide bonds. The highest BCUT2D eigenvalue weighted by atomic mass is 16.5. The van der Waals surface area contributed by atoms with E-state index in [1.54, 1.807) is 19.5 Å². The Morgan fingerprint density at radius 1 is 1.24 bits per heavy atom. The lowest BCUT2D eigenvalue weighted by Gasteiger charge is -2.32. The molecular formula is C21H22N6O2. The molecule has 0 saturated carbocycles. The van der Waals surface area contributed by atoms with Crippen molar-refractivity contribution in [3.63, 3.8) is 0 Å². The molecule has 5 rings (SSSR count). The molecule has 8 nitrogen and oxygen atoms in total. The van der Waals surface area contributed by atoms with Gasteiger partial charge in [0.1, 0.15) is 17.0 Å². The summed E-state index contributed by atoms with van der Waals surface area (Å²) in [5.74, 6) is 0.999. The van der Waals surface area contributed by atoms with Gasteiger partial charge >= 0.3 is 0 Å². The molecule has 8 heteroatoms. The molecule has 3 aromatic heterocycles. The van der Waals surface area contributed by atoms with Crippen molar-refractivity contribution < 1.29 is 9.53 Å². The van der Waals surface area contributed by atoms with E-state index in [-0.39, 0.29) is 11.8 Å². The zero-order chi connectivity index (χ0) is 20.0. The van der Waals surface area contributed by atoms with Gasteiger partial charge in [-0.3, -0.25) is 9.89 Å². The number of carbonyl (C=O) groups is 1. The minimum absolute atomic E-state index is 0.0438. The Hall–Kier alpha value is -3.42. The van der Waals surface area contributed by atoms with E-state index in [2.05, 4.69) is 20.2 Å². The first kappa shape index (κ1) is 17.7. The Labute approximate surface area is 167 Å². The van der Waals surface area contributed by atoms with Crippen molar-refractivity contribution >= 4 is 28.0 Å². The van der Waals surface area contributed by atoms with Crippen LogP contribution in [0.5, 0.6) is 5.75 Å². The minimum Gasteiger partial charge on any atom is -0.497 e. The number of ether oxygens (including phenoxy) is 1. The number of carbonyl (C=O) groups excluding carboxylic acids is 1. The van der Waals surface area contributed by atoms with Crippen LogP contribution < -0.4 is 4.74 Å². The number of amides is 1. The second-order valence-electron chi connectivity index (χ2n) is 7.47. The second-order valence-corrected chi connectivity index (χ2v) is 7.47. The summed E-state index contributed by atoms with van der Waals surface area (Å²) in [6.45, 7) is 1.38. The van der Waals surface area contributed by atoms with Crippen molar-refractivity contribution in [2.24, 2.45) is 7.05 Å². The summed E-state index contributed by atoms with van der Waals surface area (Å²) in [4.78, 5) is 24.0. The average molecular weight is 390 g/mol. The Kier molecular flexibility index (Phi) is 4.19. The maximum atomic E-state index is 13.3. The van der Waals surface area contributed by atoms with E-state index in [4.69, 9.17) is 4.74 Å². The number of methoxy groups -OCH3 is 1. The summed E-state index contributed by atoms with van der Waals surface area (Å²) < 4.78 is 7.27. The first-order valence-corrected chi connectivity index (χ1v) is 9.73. The van der Waals surface area contributed by atoms with Crippen molar-refractivity contribution in [2.75, 3.05) is 20.2 Å². The molecule has 1 saturated heterocycles. The van der Waals surface area contributed by atoms with Gasteiger partial charge < -0.3 is 14.2 Å². The van der Waals surface area contributed by atoms with Gasteiger partial charge in [-0.05, 0) is 37.1 Å². The third kappa shape index (κ3) is 2.91. The summed E-state index contributed by atoms with van der Waals surface area (Å²) in [5, 5.41) is 8.36. The number of benzene rings is 1. The van der Waals surface area contributed by atoms with Crippen molar-refractivity contribution in [1.29, 1.82) is 0 Å². The van der Waals surface area contributed by atoms with Crippen LogP contribution >= 0.6 is 0 Å². The van der Waals surface area contributed by atoms with E-state index < -0.39 is 0 Å². The molecule has 148 valence electrons. The summed E-state index contributed by atoms with van der Waals surface area (Å²) in [7, 11) is 3.58. The lowest BCUT2D eigenvalue weighted by Crippen LogP contribution is -2.40. The van der Waals surface area contributed by atoms with Crippen molar-refractivity contribution in [3.8, 4) is 5.75 Å². The van der Waals surface area contributed by atoms with Crippen molar-refractivity contribution in [1.82, 2.24) is 29.6 Å². The van der Waals surface area contributed by atoms with Crippen LogP contribution in [0.15, 0.2) is 36.7 Å². The lowest BCUT2D eigenvalue weighted by molar-refractivity contribution is 0.0697. The van der Waals surface area contributed by atoms with Gasteiger partial charge in [0.15, 0.2) is 5.65 Å². The van der Waals surface area contributed by atoms with Crippen molar-refractivity contribution in [3.05, 3.63) is 48.0 Å². The quantitative estimate of drug-likeness (QED) is 0.581. The van der Waals surface area contributed by atoms with Crippen LogP contribution in [0.2, 0.25) is 0 Å². The van der Waals surface area contributed by atoms with Gasteiger partial charge in [-0.25, -0.2) is 9.97 Å². The summed E-state index contributed by atoms with van der Waals surface area (Å²) in [6.07, 6.45) is 5.24. The highest BCUT2D eigenvalue weighted by molar-refractivity contribution is 5.99. The van der Waals surface area contributed by atoms with Gasteiger partial charge in [0.2, 0.25) is 0 Å². The van der Waals surface area contributed by atoms with E-state index in [9.17, 15) is 4.79 Å². The average Bonchev–Trinajstić information content (AvgIpc) is 3.34. The zero-order valence-corrected chi connectivity index (χ0v) is 16.4. The lowest BCUT2D eigenvalue weighted by atomic mass is 9.94. The highest BCUT2D eigenvalue weighted by Crippen LogP contribution is 2.31. The van der Waals surface area contributed by atoms with Crippen LogP contribution in [0.4, 0.5) is 0 Å². The second kappa shape index (κ2) is 6.88. The number of nitrogens with zero attached hydrogens (tertiary/aromatic N) is 5. The van der Waals surface area contributed by atoms with Gasteiger partial charge in [-0.1, -0.05) is 0 Å². The predicted molar refractivity (Wildman–Crippen MR) is 109 cm³/mol. The number of piperidine rings is 1. The van der Waals surface area contributed by atoms with E-state index >= 15 is 0 Å². The Morgan fingerprint density at radius 3 is 2.97 bits per heavy atom. The SMILES string of the molecule is COc1ccc2c(c1)cc(C(=O)N1CCCC(c3[nH]nc4nccnc34)C1)n2C. The van der Waals surface area contributed by atoms with E-state index in [1.165, 1.54) is 0 Å². The number of nitrogens with one attached hydrogen (secondary N) is 1. The van der Waals surface area contributed by atoms with Gasteiger partial charge in [-0.2, -0.15) is 5.10 Å². The molecule has 0 bridgehead atoms. The Morgan fingerprint density at radius 2 is 2.10 bits per heavy atom. The number of fused-ring (bicyclic) bond motifs is 2. The molecule has 4 heterocycles. The highest BCUT2D eigenvalue weighted by Gasteiger charge is 2.29. The first-order chi connectivity index (χ1) is 14.2. The number of H-pyrrole nitrogens is 1. The minimum atomic E-state index is 0.0438. The van der Waals surface area contributed by atoms with Crippen LogP contribution in [0, 0.1) is 0 Å². The zero-order valence-electron chi connectivity index (χ0n) is 16.4.